The Bertz CT molecular complexity index is 305. The first-order chi connectivity index (χ1) is 5.75. The van der Waals surface area contributed by atoms with E-state index in [1.807, 2.05) is 0 Å². The molecule has 0 amide bonds. The van der Waals surface area contributed by atoms with Gasteiger partial charge in [0.05, 0.1) is 11.7 Å². The Morgan fingerprint density at radius 1 is 1.92 bits per heavy atom. The van der Waals surface area contributed by atoms with Crippen LogP contribution in [0.1, 0.15) is 0 Å². The molecule has 0 aromatic carbocycles. The van der Waals surface area contributed by atoms with Crippen molar-refractivity contribution in [3.8, 4) is 0 Å². The van der Waals surface area contributed by atoms with E-state index in [9.17, 15) is 10.1 Å². The van der Waals surface area contributed by atoms with E-state index in [1.54, 1.807) is 0 Å². The molecule has 7 heteroatoms. The number of nitro groups is 1. The summed E-state index contributed by atoms with van der Waals surface area (Å²) in [5.41, 5.74) is 0. The molecular formula is C5H6N4O3. The molecule has 1 aliphatic rings. The zero-order valence-corrected chi connectivity index (χ0v) is 6.08. The maximum absolute atomic E-state index is 10.2. The number of hydrogen-bond donors (Lipinski definition) is 0. The maximum atomic E-state index is 10.2. The van der Waals surface area contributed by atoms with Gasteiger partial charge in [-0.15, -0.1) is 5.10 Å². The molecule has 1 aromatic heterocycles. The third kappa shape index (κ3) is 1.40. The molecule has 0 spiro atoms. The van der Waals surface area contributed by atoms with Gasteiger partial charge in [-0.05, 0) is 4.92 Å². The van der Waals surface area contributed by atoms with Gasteiger partial charge in [-0.25, -0.2) is 0 Å². The number of epoxide rings is 1. The zero-order valence-electron chi connectivity index (χ0n) is 6.08. The van der Waals surface area contributed by atoms with E-state index in [4.69, 9.17) is 4.74 Å². The summed E-state index contributed by atoms with van der Waals surface area (Å²) < 4.78 is 4.91. The van der Waals surface area contributed by atoms with Gasteiger partial charge in [-0.1, -0.05) is 4.80 Å². The van der Waals surface area contributed by atoms with E-state index < -0.39 is 4.92 Å². The van der Waals surface area contributed by atoms with Crippen molar-refractivity contribution in [3.63, 3.8) is 0 Å². The van der Waals surface area contributed by atoms with Crippen LogP contribution in [0.25, 0.3) is 0 Å². The van der Waals surface area contributed by atoms with Gasteiger partial charge >= 0.3 is 5.82 Å². The monoisotopic (exact) mass is 170 g/mol. The first kappa shape index (κ1) is 7.17. The Balaban J connectivity index is 2.06. The molecule has 0 radical (unpaired) electrons. The van der Waals surface area contributed by atoms with Gasteiger partial charge in [0.15, 0.2) is 6.20 Å². The minimum absolute atomic E-state index is 0.136. The van der Waals surface area contributed by atoms with Crippen LogP contribution in [0.2, 0.25) is 0 Å². The lowest BCUT2D eigenvalue weighted by atomic mass is 10.5. The third-order valence-electron chi connectivity index (χ3n) is 1.48. The van der Waals surface area contributed by atoms with Crippen LogP contribution in [0.3, 0.4) is 0 Å². The molecule has 2 heterocycles. The van der Waals surface area contributed by atoms with Crippen molar-refractivity contribution < 1.29 is 9.66 Å². The van der Waals surface area contributed by atoms with E-state index in [2.05, 4.69) is 10.2 Å². The average Bonchev–Trinajstić information content (AvgIpc) is 2.66. The summed E-state index contributed by atoms with van der Waals surface area (Å²) in [5.74, 6) is -0.226. The summed E-state index contributed by atoms with van der Waals surface area (Å²) >= 11 is 0. The minimum Gasteiger partial charge on any atom is -0.371 e. The SMILES string of the molecule is O=[N+]([O-])c1cnn(CC2CO2)n1. The molecular weight excluding hydrogens is 164 g/mol. The van der Waals surface area contributed by atoms with Crippen LogP contribution in [0.15, 0.2) is 6.20 Å². The summed E-state index contributed by atoms with van der Waals surface area (Å²) in [6.07, 6.45) is 1.26. The van der Waals surface area contributed by atoms with Crippen LogP contribution in [0.5, 0.6) is 0 Å². The third-order valence-corrected chi connectivity index (χ3v) is 1.48. The molecule has 0 saturated carbocycles. The lowest BCUT2D eigenvalue weighted by Gasteiger charge is -1.86. The number of aromatic nitrogens is 3. The highest BCUT2D eigenvalue weighted by Gasteiger charge is 2.26. The quantitative estimate of drug-likeness (QED) is 0.349. The molecule has 1 unspecified atom stereocenters. The number of ether oxygens (including phenoxy) is 1. The van der Waals surface area contributed by atoms with Crippen LogP contribution in [0.4, 0.5) is 5.82 Å². The lowest BCUT2D eigenvalue weighted by molar-refractivity contribution is -0.389. The Kier molecular flexibility index (Phi) is 1.51. The predicted octanol–water partition coefficient (Wildman–Crippen LogP) is -0.415. The molecule has 1 aromatic rings. The first-order valence-corrected chi connectivity index (χ1v) is 3.42. The molecule has 1 saturated heterocycles. The van der Waals surface area contributed by atoms with Crippen molar-refractivity contribution in [1.29, 1.82) is 0 Å². The molecule has 0 bridgehead atoms. The summed E-state index contributed by atoms with van der Waals surface area (Å²) in [5, 5.41) is 17.5. The Hall–Kier alpha value is -1.50. The van der Waals surface area contributed by atoms with Gasteiger partial charge in [-0.3, -0.25) is 0 Å². The normalized spacial score (nSPS) is 20.8. The van der Waals surface area contributed by atoms with E-state index in [-0.39, 0.29) is 11.9 Å². The largest absolute Gasteiger partial charge is 0.410 e. The van der Waals surface area contributed by atoms with Crippen LogP contribution in [0, 0.1) is 10.1 Å². The van der Waals surface area contributed by atoms with Gasteiger partial charge in [0.25, 0.3) is 0 Å². The second-order valence-electron chi connectivity index (χ2n) is 2.47. The van der Waals surface area contributed by atoms with Crippen molar-refractivity contribution >= 4 is 5.82 Å². The lowest BCUT2D eigenvalue weighted by Crippen LogP contribution is -2.07. The van der Waals surface area contributed by atoms with Gasteiger partial charge < -0.3 is 14.9 Å². The van der Waals surface area contributed by atoms with Gasteiger partial charge in [-0.2, -0.15) is 0 Å². The van der Waals surface area contributed by atoms with Crippen LogP contribution in [-0.2, 0) is 11.3 Å². The average molecular weight is 170 g/mol. The predicted molar refractivity (Wildman–Crippen MR) is 36.4 cm³/mol. The Labute approximate surface area is 67.1 Å². The number of nitrogens with zero attached hydrogens (tertiary/aromatic N) is 4. The van der Waals surface area contributed by atoms with Crippen LogP contribution >= 0.6 is 0 Å². The number of hydrogen-bond acceptors (Lipinski definition) is 5. The highest BCUT2D eigenvalue weighted by atomic mass is 16.6. The Morgan fingerprint density at radius 2 is 2.67 bits per heavy atom. The maximum Gasteiger partial charge on any atom is 0.410 e. The van der Waals surface area contributed by atoms with Gasteiger partial charge in [0.1, 0.15) is 12.6 Å². The fourth-order valence-electron chi connectivity index (χ4n) is 0.815. The summed E-state index contributed by atoms with van der Waals surface area (Å²) in [7, 11) is 0. The zero-order chi connectivity index (χ0) is 8.55. The molecule has 1 atom stereocenters. The standard InChI is InChI=1S/C5H6N4O3/c10-9(11)5-1-6-8(7-5)2-4-3-12-4/h1,4H,2-3H2. The second kappa shape index (κ2) is 2.52. The van der Waals surface area contributed by atoms with Crippen molar-refractivity contribution in [1.82, 2.24) is 15.0 Å². The summed E-state index contributed by atoms with van der Waals surface area (Å²) in [6.45, 7) is 1.18. The molecule has 64 valence electrons. The smallest absolute Gasteiger partial charge is 0.371 e. The van der Waals surface area contributed by atoms with Gasteiger partial charge in [0.2, 0.25) is 0 Å². The van der Waals surface area contributed by atoms with Crippen LogP contribution in [-0.4, -0.2) is 32.6 Å². The van der Waals surface area contributed by atoms with Gasteiger partial charge in [0, 0.05) is 0 Å². The molecule has 0 aliphatic carbocycles. The topological polar surface area (TPSA) is 86.4 Å². The summed E-state index contributed by atoms with van der Waals surface area (Å²) in [6, 6.07) is 0. The van der Waals surface area contributed by atoms with E-state index in [0.717, 1.165) is 6.20 Å². The van der Waals surface area contributed by atoms with Crippen molar-refractivity contribution in [2.24, 2.45) is 0 Å². The fraction of sp³-hybridized carbons (Fsp3) is 0.600. The minimum atomic E-state index is -0.572. The summed E-state index contributed by atoms with van der Waals surface area (Å²) in [4.78, 5) is 10.9. The van der Waals surface area contributed by atoms with Crippen molar-refractivity contribution in [3.05, 3.63) is 16.3 Å². The molecule has 12 heavy (non-hydrogen) atoms. The molecule has 7 nitrogen and oxygen atoms in total. The van der Waals surface area contributed by atoms with E-state index in [0.29, 0.717) is 13.2 Å². The van der Waals surface area contributed by atoms with Crippen molar-refractivity contribution in [2.75, 3.05) is 6.61 Å². The Morgan fingerprint density at radius 3 is 3.17 bits per heavy atom. The highest BCUT2D eigenvalue weighted by Crippen LogP contribution is 2.11. The molecule has 2 rings (SSSR count). The van der Waals surface area contributed by atoms with Crippen molar-refractivity contribution in [2.45, 2.75) is 12.6 Å². The fourth-order valence-corrected chi connectivity index (χ4v) is 0.815. The second-order valence-corrected chi connectivity index (χ2v) is 2.47. The van der Waals surface area contributed by atoms with E-state index >= 15 is 0 Å². The molecule has 1 fully saturated rings. The van der Waals surface area contributed by atoms with E-state index in [1.165, 1.54) is 4.80 Å². The number of rotatable bonds is 3. The molecule has 1 aliphatic heterocycles. The van der Waals surface area contributed by atoms with Crippen LogP contribution < -0.4 is 0 Å². The first-order valence-electron chi connectivity index (χ1n) is 3.42. The molecule has 0 N–H and O–H groups in total. The highest BCUT2D eigenvalue weighted by molar-refractivity contribution is 5.08.